The summed E-state index contributed by atoms with van der Waals surface area (Å²) < 4.78 is 5.40. The van der Waals surface area contributed by atoms with E-state index >= 15 is 0 Å². The van der Waals surface area contributed by atoms with Gasteiger partial charge in [0.05, 0.1) is 6.54 Å². The third-order valence-corrected chi connectivity index (χ3v) is 6.99. The molecule has 5 nitrogen and oxygen atoms in total. The monoisotopic (exact) mass is 422 g/mol. The van der Waals surface area contributed by atoms with Crippen molar-refractivity contribution < 1.29 is 14.6 Å². The van der Waals surface area contributed by atoms with Gasteiger partial charge in [-0.2, -0.15) is 0 Å². The van der Waals surface area contributed by atoms with Crippen molar-refractivity contribution in [2.45, 2.75) is 44.8 Å². The molecule has 1 unspecified atom stereocenters. The Hall–Kier alpha value is -2.37. The Bertz CT molecular complexity index is 840. The van der Waals surface area contributed by atoms with Gasteiger partial charge in [-0.05, 0) is 63.2 Å². The van der Waals surface area contributed by atoms with Crippen molar-refractivity contribution in [3.05, 3.63) is 70.8 Å². The van der Waals surface area contributed by atoms with Crippen LogP contribution in [0, 0.1) is 19.8 Å². The molecule has 2 fully saturated rings. The molecular weight excluding hydrogens is 388 g/mol. The molecule has 4 rings (SSSR count). The van der Waals surface area contributed by atoms with Crippen molar-refractivity contribution in [2.75, 3.05) is 33.2 Å². The lowest BCUT2D eigenvalue weighted by molar-refractivity contribution is -0.0154. The zero-order valence-corrected chi connectivity index (χ0v) is 18.9. The maximum atomic E-state index is 12.1. The van der Waals surface area contributed by atoms with E-state index in [0.29, 0.717) is 6.54 Å². The molecular formula is C26H34N2O3. The van der Waals surface area contributed by atoms with Crippen LogP contribution < -0.4 is 0 Å². The van der Waals surface area contributed by atoms with E-state index in [1.807, 2.05) is 0 Å². The average Bonchev–Trinajstić information content (AvgIpc) is 3.10. The topological polar surface area (TPSA) is 53.0 Å². The molecule has 0 saturated carbocycles. The number of aryl methyl sites for hydroxylation is 2. The Morgan fingerprint density at radius 2 is 1.48 bits per heavy atom. The minimum absolute atomic E-state index is 0.00715. The Morgan fingerprint density at radius 3 is 1.94 bits per heavy atom. The quantitative estimate of drug-likeness (QED) is 0.762. The second-order valence-corrected chi connectivity index (χ2v) is 9.29. The largest absolute Gasteiger partial charge is 0.444 e. The summed E-state index contributed by atoms with van der Waals surface area (Å²) in [5, 5.41) is 12.1. The highest BCUT2D eigenvalue weighted by atomic mass is 16.6. The van der Waals surface area contributed by atoms with Gasteiger partial charge < -0.3 is 19.6 Å². The number of aliphatic hydroxyl groups is 1. The fraction of sp³-hybridized carbons (Fsp3) is 0.500. The fourth-order valence-corrected chi connectivity index (χ4v) is 4.95. The number of amides is 1. The smallest absolute Gasteiger partial charge is 0.409 e. The van der Waals surface area contributed by atoms with Crippen molar-refractivity contribution in [3.63, 3.8) is 0 Å². The molecule has 0 aliphatic carbocycles. The van der Waals surface area contributed by atoms with E-state index in [2.05, 4.69) is 67.3 Å². The lowest BCUT2D eigenvalue weighted by Crippen LogP contribution is -2.44. The van der Waals surface area contributed by atoms with Crippen LogP contribution in [0.4, 0.5) is 4.79 Å². The van der Waals surface area contributed by atoms with Crippen LogP contribution in [0.15, 0.2) is 48.5 Å². The molecule has 2 heterocycles. The summed E-state index contributed by atoms with van der Waals surface area (Å²) in [5.74, 6) is 0.157. The fourth-order valence-electron chi connectivity index (χ4n) is 4.95. The molecule has 0 radical (unpaired) electrons. The SMILES string of the molecule is Cc1ccc(C(O)(c2ccc(C)cc2)C2CCN(CCC3CN(C)C(=O)O3)CC2)cc1. The van der Waals surface area contributed by atoms with Crippen molar-refractivity contribution in [1.29, 1.82) is 0 Å². The predicted molar refractivity (Wildman–Crippen MR) is 122 cm³/mol. The number of rotatable bonds is 6. The molecule has 2 aromatic carbocycles. The number of carbonyl (C=O) groups excluding carboxylic acids is 1. The summed E-state index contributed by atoms with van der Waals surface area (Å²) in [6.07, 6.45) is 2.50. The van der Waals surface area contributed by atoms with Crippen molar-refractivity contribution in [1.82, 2.24) is 9.80 Å². The molecule has 31 heavy (non-hydrogen) atoms. The number of cyclic esters (lactones) is 1. The van der Waals surface area contributed by atoms with Gasteiger partial charge in [-0.3, -0.25) is 0 Å². The van der Waals surface area contributed by atoms with E-state index in [4.69, 9.17) is 4.74 Å². The third-order valence-electron chi connectivity index (χ3n) is 6.99. The molecule has 2 saturated heterocycles. The van der Waals surface area contributed by atoms with Crippen LogP contribution in [0.3, 0.4) is 0 Å². The van der Waals surface area contributed by atoms with E-state index in [1.165, 1.54) is 11.1 Å². The molecule has 166 valence electrons. The van der Waals surface area contributed by atoms with Gasteiger partial charge >= 0.3 is 6.09 Å². The van der Waals surface area contributed by atoms with Gasteiger partial charge in [0.2, 0.25) is 0 Å². The Balaban J connectivity index is 1.45. The van der Waals surface area contributed by atoms with Gasteiger partial charge in [-0.15, -0.1) is 0 Å². The number of ether oxygens (including phenoxy) is 1. The molecule has 1 amide bonds. The number of benzene rings is 2. The Morgan fingerprint density at radius 1 is 0.968 bits per heavy atom. The second kappa shape index (κ2) is 9.01. The van der Waals surface area contributed by atoms with Crippen molar-refractivity contribution >= 4 is 6.09 Å². The van der Waals surface area contributed by atoms with E-state index in [9.17, 15) is 9.90 Å². The second-order valence-electron chi connectivity index (χ2n) is 9.29. The van der Waals surface area contributed by atoms with Crippen LogP contribution in [0.1, 0.15) is 41.5 Å². The third kappa shape index (κ3) is 4.63. The van der Waals surface area contributed by atoms with E-state index < -0.39 is 5.60 Å². The molecule has 2 aliphatic heterocycles. The van der Waals surface area contributed by atoms with E-state index in [-0.39, 0.29) is 18.1 Å². The number of likely N-dealkylation sites (tertiary alicyclic amines) is 1. The average molecular weight is 423 g/mol. The number of carbonyl (C=O) groups is 1. The standard InChI is InChI=1S/C26H34N2O3/c1-19-4-8-21(9-5-19)26(30,22-10-6-20(2)7-11-22)23-12-15-28(16-13-23)17-14-24-18-27(3)25(29)31-24/h4-11,23-24,30H,12-18H2,1-3H3. The zero-order valence-electron chi connectivity index (χ0n) is 18.9. The minimum atomic E-state index is -0.989. The first-order chi connectivity index (χ1) is 14.9. The lowest BCUT2D eigenvalue weighted by atomic mass is 9.72. The van der Waals surface area contributed by atoms with E-state index in [0.717, 1.165) is 50.0 Å². The number of likely N-dealkylation sites (N-methyl/N-ethyl adjacent to an activating group) is 1. The van der Waals surface area contributed by atoms with Gasteiger partial charge in [0, 0.05) is 13.6 Å². The summed E-state index contributed by atoms with van der Waals surface area (Å²) in [6, 6.07) is 16.7. The van der Waals surface area contributed by atoms with Gasteiger partial charge in [0.15, 0.2) is 0 Å². The van der Waals surface area contributed by atoms with Crippen LogP contribution >= 0.6 is 0 Å². The Kier molecular flexibility index (Phi) is 6.35. The highest BCUT2D eigenvalue weighted by Gasteiger charge is 2.41. The van der Waals surface area contributed by atoms with Gasteiger partial charge in [-0.25, -0.2) is 4.79 Å². The summed E-state index contributed by atoms with van der Waals surface area (Å²) >= 11 is 0. The van der Waals surface area contributed by atoms with Gasteiger partial charge in [-0.1, -0.05) is 59.7 Å². The molecule has 1 atom stereocenters. The summed E-state index contributed by atoms with van der Waals surface area (Å²) in [7, 11) is 1.78. The maximum Gasteiger partial charge on any atom is 0.409 e. The number of hydrogen-bond donors (Lipinski definition) is 1. The summed E-state index contributed by atoms with van der Waals surface area (Å²) in [5.41, 5.74) is 3.35. The van der Waals surface area contributed by atoms with Crippen LogP contribution in [0.5, 0.6) is 0 Å². The highest BCUT2D eigenvalue weighted by molar-refractivity contribution is 5.69. The van der Waals surface area contributed by atoms with E-state index in [1.54, 1.807) is 11.9 Å². The molecule has 2 aromatic rings. The van der Waals surface area contributed by atoms with Crippen LogP contribution in [-0.2, 0) is 10.3 Å². The number of nitrogens with zero attached hydrogens (tertiary/aromatic N) is 2. The van der Waals surface area contributed by atoms with Crippen LogP contribution in [0.2, 0.25) is 0 Å². The normalized spacial score (nSPS) is 20.8. The summed E-state index contributed by atoms with van der Waals surface area (Å²) in [6.45, 7) is 7.64. The molecule has 5 heteroatoms. The Labute approximate surface area is 185 Å². The first kappa shape index (κ1) is 21.8. The molecule has 1 N–H and O–H groups in total. The molecule has 0 bridgehead atoms. The molecule has 2 aliphatic rings. The zero-order chi connectivity index (χ0) is 22.0. The predicted octanol–water partition coefficient (Wildman–Crippen LogP) is 4.09. The number of piperidine rings is 1. The first-order valence-electron chi connectivity index (χ1n) is 11.4. The van der Waals surface area contributed by atoms with Crippen molar-refractivity contribution in [2.24, 2.45) is 5.92 Å². The first-order valence-corrected chi connectivity index (χ1v) is 11.4. The number of hydrogen-bond acceptors (Lipinski definition) is 4. The molecule has 0 aromatic heterocycles. The van der Waals surface area contributed by atoms with Crippen LogP contribution in [-0.4, -0.2) is 60.3 Å². The minimum Gasteiger partial charge on any atom is -0.444 e. The van der Waals surface area contributed by atoms with Gasteiger partial charge in [0.1, 0.15) is 11.7 Å². The molecule has 0 spiro atoms. The lowest BCUT2D eigenvalue weighted by Gasteiger charge is -2.42. The highest BCUT2D eigenvalue weighted by Crippen LogP contribution is 2.42. The summed E-state index contributed by atoms with van der Waals surface area (Å²) in [4.78, 5) is 15.6. The van der Waals surface area contributed by atoms with Gasteiger partial charge in [0.25, 0.3) is 0 Å². The van der Waals surface area contributed by atoms with Crippen molar-refractivity contribution in [3.8, 4) is 0 Å². The van der Waals surface area contributed by atoms with Crippen LogP contribution in [0.25, 0.3) is 0 Å². The maximum absolute atomic E-state index is 12.1.